The third-order valence-corrected chi connectivity index (χ3v) is 4.00. The van der Waals surface area contributed by atoms with Gasteiger partial charge in [0.15, 0.2) is 5.96 Å². The second kappa shape index (κ2) is 9.11. The molecule has 0 aromatic heterocycles. The van der Waals surface area contributed by atoms with Gasteiger partial charge >= 0.3 is 0 Å². The van der Waals surface area contributed by atoms with Crippen molar-refractivity contribution in [2.45, 2.75) is 37.0 Å². The molecule has 0 aliphatic heterocycles. The molecule has 0 heterocycles. The van der Waals surface area contributed by atoms with Gasteiger partial charge in [0.1, 0.15) is 0 Å². The van der Waals surface area contributed by atoms with Gasteiger partial charge in [0.2, 0.25) is 15.9 Å². The van der Waals surface area contributed by atoms with Crippen molar-refractivity contribution < 1.29 is 13.2 Å². The molecule has 9 heteroatoms. The number of hydrogen-bond acceptors (Lipinski definition) is 4. The van der Waals surface area contributed by atoms with Gasteiger partial charge in [-0.05, 0) is 37.1 Å². The van der Waals surface area contributed by atoms with E-state index in [1.54, 1.807) is 0 Å². The highest BCUT2D eigenvalue weighted by atomic mass is 32.2. The van der Waals surface area contributed by atoms with Crippen LogP contribution >= 0.6 is 0 Å². The van der Waals surface area contributed by atoms with Gasteiger partial charge in [-0.15, -0.1) is 0 Å². The minimum Gasteiger partial charge on any atom is -0.370 e. The summed E-state index contributed by atoms with van der Waals surface area (Å²) in [4.78, 5) is 15.7. The van der Waals surface area contributed by atoms with Crippen molar-refractivity contribution in [3.05, 3.63) is 24.3 Å². The molecular weight excluding hydrogens is 318 g/mol. The Morgan fingerprint density at radius 1 is 1.04 bits per heavy atom. The van der Waals surface area contributed by atoms with Crippen LogP contribution in [-0.4, -0.2) is 26.8 Å². The van der Waals surface area contributed by atoms with E-state index in [2.05, 4.69) is 10.3 Å². The number of aliphatic imine (C=N–C) groups is 1. The van der Waals surface area contributed by atoms with E-state index in [1.807, 2.05) is 0 Å². The zero-order valence-electron chi connectivity index (χ0n) is 12.9. The molecule has 8 nitrogen and oxygen atoms in total. The molecule has 1 rings (SSSR count). The Labute approximate surface area is 136 Å². The summed E-state index contributed by atoms with van der Waals surface area (Å²) in [5, 5.41) is 7.71. The van der Waals surface area contributed by atoms with E-state index in [9.17, 15) is 13.2 Å². The Hall–Kier alpha value is -2.13. The highest BCUT2D eigenvalue weighted by Crippen LogP contribution is 2.13. The maximum Gasteiger partial charge on any atom is 0.238 e. The number of nitrogens with zero attached hydrogens (tertiary/aromatic N) is 1. The number of hydrogen-bond donors (Lipinski definition) is 4. The van der Waals surface area contributed by atoms with Crippen LogP contribution in [0.2, 0.25) is 0 Å². The highest BCUT2D eigenvalue weighted by molar-refractivity contribution is 7.89. The first kappa shape index (κ1) is 18.9. The topological polar surface area (TPSA) is 154 Å². The van der Waals surface area contributed by atoms with Crippen LogP contribution in [0.15, 0.2) is 34.2 Å². The number of sulfonamides is 1. The van der Waals surface area contributed by atoms with Crippen LogP contribution in [0.4, 0.5) is 5.69 Å². The van der Waals surface area contributed by atoms with Crippen LogP contribution in [-0.2, 0) is 14.8 Å². The van der Waals surface area contributed by atoms with Crippen LogP contribution in [0.5, 0.6) is 0 Å². The van der Waals surface area contributed by atoms with E-state index in [1.165, 1.54) is 24.3 Å². The van der Waals surface area contributed by atoms with Crippen molar-refractivity contribution >= 4 is 27.6 Å². The van der Waals surface area contributed by atoms with E-state index < -0.39 is 10.0 Å². The van der Waals surface area contributed by atoms with Crippen molar-refractivity contribution in [1.82, 2.24) is 0 Å². The number of nitrogens with two attached hydrogens (primary N) is 3. The monoisotopic (exact) mass is 341 g/mol. The summed E-state index contributed by atoms with van der Waals surface area (Å²) in [5.74, 6) is -0.0181. The molecule has 0 aliphatic carbocycles. The lowest BCUT2D eigenvalue weighted by Crippen LogP contribution is -2.22. The fourth-order valence-electron chi connectivity index (χ4n) is 1.91. The highest BCUT2D eigenvalue weighted by Gasteiger charge is 2.08. The third-order valence-electron chi connectivity index (χ3n) is 3.07. The first-order chi connectivity index (χ1) is 10.8. The minimum absolute atomic E-state index is 0.0104. The zero-order valence-corrected chi connectivity index (χ0v) is 13.7. The fraction of sp³-hybridized carbons (Fsp3) is 0.429. The lowest BCUT2D eigenvalue weighted by molar-refractivity contribution is -0.116. The van der Waals surface area contributed by atoms with E-state index in [0.29, 0.717) is 18.7 Å². The number of primary sulfonamides is 1. The molecule has 0 aliphatic rings. The number of rotatable bonds is 9. The van der Waals surface area contributed by atoms with Crippen LogP contribution < -0.4 is 21.9 Å². The van der Waals surface area contributed by atoms with Gasteiger partial charge in [-0.25, -0.2) is 13.6 Å². The van der Waals surface area contributed by atoms with E-state index in [4.69, 9.17) is 16.6 Å². The molecule has 0 saturated carbocycles. The Morgan fingerprint density at radius 2 is 1.65 bits per heavy atom. The molecule has 0 saturated heterocycles. The molecule has 1 aromatic rings. The number of unbranched alkanes of at least 4 members (excludes halogenated alkanes) is 3. The van der Waals surface area contributed by atoms with Gasteiger partial charge < -0.3 is 16.8 Å². The van der Waals surface area contributed by atoms with Gasteiger partial charge in [0, 0.05) is 18.7 Å². The maximum atomic E-state index is 11.8. The number of benzene rings is 1. The number of amides is 1. The quantitative estimate of drug-likeness (QED) is 0.292. The predicted octanol–water partition coefficient (Wildman–Crippen LogP) is 0.496. The summed E-state index contributed by atoms with van der Waals surface area (Å²) >= 11 is 0. The number of carbonyl (C=O) groups is 1. The fourth-order valence-corrected chi connectivity index (χ4v) is 2.43. The molecule has 7 N–H and O–H groups in total. The molecule has 23 heavy (non-hydrogen) atoms. The maximum absolute atomic E-state index is 11.8. The van der Waals surface area contributed by atoms with Crippen molar-refractivity contribution in [3.63, 3.8) is 0 Å². The van der Waals surface area contributed by atoms with Crippen molar-refractivity contribution in [3.8, 4) is 0 Å². The van der Waals surface area contributed by atoms with Crippen LogP contribution in [0.3, 0.4) is 0 Å². The Kier molecular flexibility index (Phi) is 7.49. The Bertz CT molecular complexity index is 637. The second-order valence-electron chi connectivity index (χ2n) is 5.09. The number of carbonyl (C=O) groups excluding carboxylic acids is 1. The summed E-state index contributed by atoms with van der Waals surface area (Å²) in [7, 11) is -3.72. The molecule has 0 bridgehead atoms. The first-order valence-electron chi connectivity index (χ1n) is 7.27. The van der Waals surface area contributed by atoms with E-state index in [0.717, 1.165) is 25.7 Å². The van der Waals surface area contributed by atoms with Gasteiger partial charge in [-0.3, -0.25) is 9.79 Å². The van der Waals surface area contributed by atoms with E-state index >= 15 is 0 Å². The molecule has 128 valence electrons. The molecule has 0 spiro atoms. The number of anilines is 1. The van der Waals surface area contributed by atoms with Crippen molar-refractivity contribution in [2.75, 3.05) is 11.9 Å². The lowest BCUT2D eigenvalue weighted by atomic mass is 10.1. The average Bonchev–Trinajstić information content (AvgIpc) is 2.45. The summed E-state index contributed by atoms with van der Waals surface area (Å²) in [6, 6.07) is 5.73. The standard InChI is InChI=1S/C14H23N5O3S/c15-14(16)18-10-4-2-1-3-5-13(20)19-11-6-8-12(9-7-11)23(17,21)22/h6-9H,1-5,10H2,(H,19,20)(H4,15,16,18)(H2,17,21,22). The minimum atomic E-state index is -3.72. The summed E-state index contributed by atoms with van der Waals surface area (Å²) in [6.45, 7) is 0.602. The molecule has 0 atom stereocenters. The van der Waals surface area contributed by atoms with E-state index in [-0.39, 0.29) is 16.8 Å². The zero-order chi connectivity index (χ0) is 17.3. The molecule has 0 unspecified atom stereocenters. The smallest absolute Gasteiger partial charge is 0.238 e. The molecular formula is C14H23N5O3S. The van der Waals surface area contributed by atoms with Gasteiger partial charge in [-0.1, -0.05) is 12.8 Å². The Balaban J connectivity index is 2.25. The number of guanidine groups is 1. The van der Waals surface area contributed by atoms with Crippen LogP contribution in [0.1, 0.15) is 32.1 Å². The van der Waals surface area contributed by atoms with Gasteiger partial charge in [0.05, 0.1) is 4.90 Å². The van der Waals surface area contributed by atoms with Gasteiger partial charge in [0.25, 0.3) is 0 Å². The largest absolute Gasteiger partial charge is 0.370 e. The molecule has 0 radical (unpaired) electrons. The summed E-state index contributed by atoms with van der Waals surface area (Å²) in [5.41, 5.74) is 11.0. The number of nitrogens with one attached hydrogen (secondary N) is 1. The Morgan fingerprint density at radius 3 is 2.22 bits per heavy atom. The van der Waals surface area contributed by atoms with Crippen molar-refractivity contribution in [2.24, 2.45) is 21.6 Å². The van der Waals surface area contributed by atoms with Crippen LogP contribution in [0.25, 0.3) is 0 Å². The average molecular weight is 341 g/mol. The SMILES string of the molecule is NC(N)=NCCCCCCC(=O)Nc1ccc(S(N)(=O)=O)cc1. The molecule has 0 fully saturated rings. The molecule has 1 aromatic carbocycles. The normalized spacial score (nSPS) is 11.0. The third kappa shape index (κ3) is 8.17. The van der Waals surface area contributed by atoms with Gasteiger partial charge in [-0.2, -0.15) is 0 Å². The van der Waals surface area contributed by atoms with Crippen molar-refractivity contribution in [1.29, 1.82) is 0 Å². The summed E-state index contributed by atoms with van der Waals surface area (Å²) < 4.78 is 22.2. The lowest BCUT2D eigenvalue weighted by Gasteiger charge is -2.06. The molecule has 1 amide bonds. The van der Waals surface area contributed by atoms with Crippen LogP contribution in [0, 0.1) is 0 Å². The second-order valence-corrected chi connectivity index (χ2v) is 6.65. The first-order valence-corrected chi connectivity index (χ1v) is 8.82. The predicted molar refractivity (Wildman–Crippen MR) is 90.2 cm³/mol. The summed E-state index contributed by atoms with van der Waals surface area (Å²) in [6.07, 6.45) is 3.92.